The molecule has 0 aromatic carbocycles. The Morgan fingerprint density at radius 2 is 2.56 bits per heavy atom. The van der Waals surface area contributed by atoms with Gasteiger partial charge in [0.15, 0.2) is 0 Å². The molecule has 2 aliphatic heterocycles. The molecule has 0 unspecified atom stereocenters. The van der Waals surface area contributed by atoms with Gasteiger partial charge in [0.1, 0.15) is 0 Å². The van der Waals surface area contributed by atoms with E-state index in [9.17, 15) is 0 Å². The van der Waals surface area contributed by atoms with Crippen molar-refractivity contribution in [3.05, 3.63) is 23.5 Å². The van der Waals surface area contributed by atoms with Crippen molar-refractivity contribution in [1.29, 1.82) is 0 Å². The van der Waals surface area contributed by atoms with E-state index >= 15 is 0 Å². The molecule has 0 saturated carbocycles. The molecule has 2 rings (SSSR count). The SMILES string of the molecule is C1=CC2=C(CCNC2)[N]1. The van der Waals surface area contributed by atoms with Crippen LogP contribution in [0.15, 0.2) is 23.5 Å². The lowest BCUT2D eigenvalue weighted by atomic mass is 10.1. The maximum absolute atomic E-state index is 4.22. The Morgan fingerprint density at radius 1 is 1.56 bits per heavy atom. The van der Waals surface area contributed by atoms with Crippen LogP contribution < -0.4 is 10.6 Å². The Kier molecular flexibility index (Phi) is 1.06. The lowest BCUT2D eigenvalue weighted by Crippen LogP contribution is -2.24. The van der Waals surface area contributed by atoms with E-state index in [-0.39, 0.29) is 0 Å². The maximum atomic E-state index is 4.22. The average Bonchev–Trinajstić information content (AvgIpc) is 2.33. The van der Waals surface area contributed by atoms with Crippen LogP contribution in [-0.4, -0.2) is 13.1 Å². The number of nitrogens with zero attached hydrogens (tertiary/aromatic N) is 1. The minimum absolute atomic E-state index is 1.01. The van der Waals surface area contributed by atoms with Crippen molar-refractivity contribution in [2.75, 3.05) is 13.1 Å². The Bertz CT molecular complexity index is 179. The van der Waals surface area contributed by atoms with E-state index in [0.29, 0.717) is 0 Å². The quantitative estimate of drug-likeness (QED) is 0.492. The highest BCUT2D eigenvalue weighted by molar-refractivity contribution is 5.33. The second-order valence-corrected chi connectivity index (χ2v) is 2.34. The molecule has 9 heavy (non-hydrogen) atoms. The van der Waals surface area contributed by atoms with E-state index in [0.717, 1.165) is 19.5 Å². The molecular weight excluding hydrogens is 112 g/mol. The molecule has 0 aromatic heterocycles. The van der Waals surface area contributed by atoms with Gasteiger partial charge in [0.05, 0.1) is 0 Å². The van der Waals surface area contributed by atoms with Gasteiger partial charge in [0.25, 0.3) is 0 Å². The van der Waals surface area contributed by atoms with E-state index in [1.165, 1.54) is 11.3 Å². The lowest BCUT2D eigenvalue weighted by Gasteiger charge is -2.12. The Hall–Kier alpha value is -0.760. The fourth-order valence-corrected chi connectivity index (χ4v) is 1.21. The minimum Gasteiger partial charge on any atom is -0.312 e. The standard InChI is InChI=1S/C7H9N2/c1-4-9-7-2-3-8-5-6(1)7/h1,4,8H,2-3,5H2. The predicted octanol–water partition coefficient (Wildman–Crippen LogP) is 0.365. The van der Waals surface area contributed by atoms with Crippen molar-refractivity contribution in [2.24, 2.45) is 0 Å². The molecule has 0 atom stereocenters. The van der Waals surface area contributed by atoms with E-state index in [1.54, 1.807) is 0 Å². The first-order chi connectivity index (χ1) is 4.47. The van der Waals surface area contributed by atoms with Crippen LogP contribution in [0.4, 0.5) is 0 Å². The summed E-state index contributed by atoms with van der Waals surface area (Å²) in [5.74, 6) is 0. The fraction of sp³-hybridized carbons (Fsp3) is 0.429. The van der Waals surface area contributed by atoms with Crippen molar-refractivity contribution in [3.63, 3.8) is 0 Å². The van der Waals surface area contributed by atoms with Gasteiger partial charge in [0, 0.05) is 31.4 Å². The summed E-state index contributed by atoms with van der Waals surface area (Å²) in [7, 11) is 0. The molecule has 0 spiro atoms. The van der Waals surface area contributed by atoms with E-state index in [1.807, 2.05) is 6.20 Å². The van der Waals surface area contributed by atoms with Gasteiger partial charge < -0.3 is 5.32 Å². The van der Waals surface area contributed by atoms with Crippen molar-refractivity contribution < 1.29 is 0 Å². The van der Waals surface area contributed by atoms with Gasteiger partial charge in [-0.25, -0.2) is 0 Å². The van der Waals surface area contributed by atoms with Crippen LogP contribution in [0.5, 0.6) is 0 Å². The first-order valence-electron chi connectivity index (χ1n) is 3.27. The highest BCUT2D eigenvalue weighted by Crippen LogP contribution is 2.16. The summed E-state index contributed by atoms with van der Waals surface area (Å²) in [5.41, 5.74) is 2.66. The first kappa shape index (κ1) is 5.06. The molecule has 47 valence electrons. The van der Waals surface area contributed by atoms with Crippen molar-refractivity contribution in [3.8, 4) is 0 Å². The molecule has 0 fully saturated rings. The Morgan fingerprint density at radius 3 is 3.44 bits per heavy atom. The molecule has 2 heterocycles. The largest absolute Gasteiger partial charge is 0.312 e. The molecule has 0 bridgehead atoms. The first-order valence-corrected chi connectivity index (χ1v) is 3.27. The number of rotatable bonds is 0. The summed E-state index contributed by atoms with van der Waals surface area (Å²) in [6, 6.07) is 0. The van der Waals surface area contributed by atoms with Gasteiger partial charge in [0.2, 0.25) is 0 Å². The van der Waals surface area contributed by atoms with E-state index in [4.69, 9.17) is 0 Å². The summed E-state index contributed by atoms with van der Waals surface area (Å²) in [5, 5.41) is 7.50. The maximum Gasteiger partial charge on any atom is 0.0461 e. The number of hydrogen-bond donors (Lipinski definition) is 1. The topological polar surface area (TPSA) is 26.1 Å². The monoisotopic (exact) mass is 121 g/mol. The van der Waals surface area contributed by atoms with Gasteiger partial charge in [-0.3, -0.25) is 5.32 Å². The summed E-state index contributed by atoms with van der Waals surface area (Å²) in [4.78, 5) is 0. The molecule has 0 aliphatic carbocycles. The van der Waals surface area contributed by atoms with Crippen LogP contribution in [0.2, 0.25) is 0 Å². The Labute approximate surface area is 54.6 Å². The molecule has 0 aromatic rings. The zero-order valence-electron chi connectivity index (χ0n) is 5.22. The molecule has 1 radical (unpaired) electrons. The van der Waals surface area contributed by atoms with Crippen LogP contribution in [-0.2, 0) is 0 Å². The number of nitrogens with one attached hydrogen (secondary N) is 1. The highest BCUT2D eigenvalue weighted by atomic mass is 14.9. The Balaban J connectivity index is 2.24. The van der Waals surface area contributed by atoms with Gasteiger partial charge in [-0.1, -0.05) is 0 Å². The minimum atomic E-state index is 1.01. The van der Waals surface area contributed by atoms with Gasteiger partial charge in [-0.05, 0) is 11.6 Å². The van der Waals surface area contributed by atoms with Gasteiger partial charge in [-0.15, -0.1) is 0 Å². The van der Waals surface area contributed by atoms with Crippen molar-refractivity contribution in [1.82, 2.24) is 10.6 Å². The zero-order valence-corrected chi connectivity index (χ0v) is 5.22. The van der Waals surface area contributed by atoms with Crippen LogP contribution >= 0.6 is 0 Å². The normalized spacial score (nSPS) is 24.0. The second kappa shape index (κ2) is 1.88. The summed E-state index contributed by atoms with van der Waals surface area (Å²) in [6.45, 7) is 2.10. The van der Waals surface area contributed by atoms with Crippen LogP contribution in [0, 0.1) is 0 Å². The molecule has 1 N–H and O–H groups in total. The average molecular weight is 121 g/mol. The van der Waals surface area contributed by atoms with E-state index < -0.39 is 0 Å². The summed E-state index contributed by atoms with van der Waals surface area (Å²) >= 11 is 0. The van der Waals surface area contributed by atoms with Crippen LogP contribution in [0.3, 0.4) is 0 Å². The third-order valence-corrected chi connectivity index (χ3v) is 1.73. The molecule has 0 saturated heterocycles. The molecule has 2 aliphatic rings. The van der Waals surface area contributed by atoms with Crippen LogP contribution in [0.1, 0.15) is 6.42 Å². The van der Waals surface area contributed by atoms with Gasteiger partial charge >= 0.3 is 0 Å². The second-order valence-electron chi connectivity index (χ2n) is 2.34. The smallest absolute Gasteiger partial charge is 0.0461 e. The van der Waals surface area contributed by atoms with Gasteiger partial charge in [-0.2, -0.15) is 0 Å². The summed E-state index contributed by atoms with van der Waals surface area (Å²) in [6.07, 6.45) is 5.07. The molecule has 0 amide bonds. The molecular formula is C7H9N2. The summed E-state index contributed by atoms with van der Waals surface area (Å²) < 4.78 is 0. The van der Waals surface area contributed by atoms with E-state index in [2.05, 4.69) is 16.7 Å². The predicted molar refractivity (Wildman–Crippen MR) is 35.8 cm³/mol. The lowest BCUT2D eigenvalue weighted by molar-refractivity contribution is 0.670. The fourth-order valence-electron chi connectivity index (χ4n) is 1.21. The highest BCUT2D eigenvalue weighted by Gasteiger charge is 2.13. The van der Waals surface area contributed by atoms with Crippen molar-refractivity contribution in [2.45, 2.75) is 6.42 Å². The number of hydrogen-bond acceptors (Lipinski definition) is 1. The van der Waals surface area contributed by atoms with Crippen LogP contribution in [0.25, 0.3) is 0 Å². The molecule has 2 heteroatoms. The third kappa shape index (κ3) is 0.754. The zero-order chi connectivity index (χ0) is 6.10. The third-order valence-electron chi connectivity index (χ3n) is 1.73. The molecule has 2 nitrogen and oxygen atoms in total. The van der Waals surface area contributed by atoms with Crippen molar-refractivity contribution >= 4 is 0 Å².